The van der Waals surface area contributed by atoms with Crippen LogP contribution in [0, 0.1) is 0 Å². The molecule has 1 amide bonds. The van der Waals surface area contributed by atoms with Gasteiger partial charge in [-0.2, -0.15) is 4.98 Å². The topological polar surface area (TPSA) is 68.0 Å². The SMILES string of the molecule is O=C(Cc1cccs1)Nc1ccsc1-c1nc(C2CC2)no1. The zero-order valence-electron chi connectivity index (χ0n) is 11.6. The van der Waals surface area contributed by atoms with Crippen molar-refractivity contribution in [2.45, 2.75) is 25.2 Å². The third kappa shape index (κ3) is 2.82. The van der Waals surface area contributed by atoms with Gasteiger partial charge in [0.15, 0.2) is 5.82 Å². The minimum Gasteiger partial charge on any atom is -0.333 e. The van der Waals surface area contributed by atoms with Crippen LogP contribution >= 0.6 is 22.7 Å². The highest BCUT2D eigenvalue weighted by Crippen LogP contribution is 2.40. The van der Waals surface area contributed by atoms with E-state index in [9.17, 15) is 4.79 Å². The largest absolute Gasteiger partial charge is 0.333 e. The Balaban J connectivity index is 1.50. The van der Waals surface area contributed by atoms with Crippen molar-refractivity contribution in [1.82, 2.24) is 10.1 Å². The summed E-state index contributed by atoms with van der Waals surface area (Å²) in [5.41, 5.74) is 0.734. The van der Waals surface area contributed by atoms with Gasteiger partial charge in [-0.25, -0.2) is 0 Å². The van der Waals surface area contributed by atoms with E-state index in [0.717, 1.165) is 34.1 Å². The number of anilines is 1. The molecule has 0 bridgehead atoms. The molecule has 0 aromatic carbocycles. The number of nitrogens with one attached hydrogen (secondary N) is 1. The molecule has 0 atom stereocenters. The molecule has 3 heterocycles. The number of rotatable bonds is 5. The van der Waals surface area contributed by atoms with Crippen molar-refractivity contribution in [3.05, 3.63) is 39.7 Å². The van der Waals surface area contributed by atoms with E-state index in [1.54, 1.807) is 11.3 Å². The Kier molecular flexibility index (Phi) is 3.51. The van der Waals surface area contributed by atoms with Crippen LogP contribution in [0.4, 0.5) is 5.69 Å². The second-order valence-electron chi connectivity index (χ2n) is 5.20. The lowest BCUT2D eigenvalue weighted by atomic mass is 10.3. The second kappa shape index (κ2) is 5.66. The lowest BCUT2D eigenvalue weighted by Crippen LogP contribution is -2.13. The summed E-state index contributed by atoms with van der Waals surface area (Å²) >= 11 is 3.07. The zero-order valence-corrected chi connectivity index (χ0v) is 13.2. The predicted octanol–water partition coefficient (Wildman–Crippen LogP) is 3.92. The van der Waals surface area contributed by atoms with Crippen LogP contribution < -0.4 is 5.32 Å². The Morgan fingerprint density at radius 1 is 1.32 bits per heavy atom. The molecule has 1 N–H and O–H groups in total. The molecule has 0 saturated heterocycles. The molecule has 1 aliphatic rings. The van der Waals surface area contributed by atoms with Gasteiger partial charge in [-0.15, -0.1) is 22.7 Å². The maximum Gasteiger partial charge on any atom is 0.270 e. The summed E-state index contributed by atoms with van der Waals surface area (Å²) in [5.74, 6) is 1.68. The molecular formula is C15H13N3O2S2. The van der Waals surface area contributed by atoms with Crippen molar-refractivity contribution < 1.29 is 9.32 Å². The predicted molar refractivity (Wildman–Crippen MR) is 86.2 cm³/mol. The molecule has 3 aromatic rings. The van der Waals surface area contributed by atoms with Crippen LogP contribution in [0.15, 0.2) is 33.5 Å². The Bertz CT molecular complexity index is 787. The molecule has 5 nitrogen and oxygen atoms in total. The number of hydrogen-bond acceptors (Lipinski definition) is 6. The van der Waals surface area contributed by atoms with Crippen LogP contribution in [0.5, 0.6) is 0 Å². The number of aromatic nitrogens is 2. The molecule has 1 saturated carbocycles. The number of carbonyl (C=O) groups excluding carboxylic acids is 1. The van der Waals surface area contributed by atoms with Gasteiger partial charge in [0.1, 0.15) is 4.88 Å². The summed E-state index contributed by atoms with van der Waals surface area (Å²) < 4.78 is 5.34. The van der Waals surface area contributed by atoms with Gasteiger partial charge in [0.25, 0.3) is 5.89 Å². The van der Waals surface area contributed by atoms with Gasteiger partial charge < -0.3 is 9.84 Å². The molecule has 112 valence electrons. The van der Waals surface area contributed by atoms with Gasteiger partial charge >= 0.3 is 0 Å². The van der Waals surface area contributed by atoms with Gasteiger partial charge in [-0.1, -0.05) is 11.2 Å². The van der Waals surface area contributed by atoms with E-state index in [1.165, 1.54) is 11.3 Å². The van der Waals surface area contributed by atoms with E-state index in [-0.39, 0.29) is 5.91 Å². The third-order valence-electron chi connectivity index (χ3n) is 3.43. The highest BCUT2D eigenvalue weighted by molar-refractivity contribution is 7.14. The first kappa shape index (κ1) is 13.7. The van der Waals surface area contributed by atoms with Crippen molar-refractivity contribution in [2.75, 3.05) is 5.32 Å². The smallest absolute Gasteiger partial charge is 0.270 e. The minimum absolute atomic E-state index is 0.0379. The maximum absolute atomic E-state index is 12.1. The molecule has 0 aliphatic heterocycles. The normalized spacial score (nSPS) is 14.2. The van der Waals surface area contributed by atoms with Crippen LogP contribution in [-0.2, 0) is 11.2 Å². The minimum atomic E-state index is -0.0379. The first-order chi connectivity index (χ1) is 10.8. The molecule has 3 aromatic heterocycles. The highest BCUT2D eigenvalue weighted by Gasteiger charge is 2.29. The number of hydrogen-bond donors (Lipinski definition) is 1. The number of amides is 1. The van der Waals surface area contributed by atoms with Crippen molar-refractivity contribution >= 4 is 34.3 Å². The number of nitrogens with zero attached hydrogens (tertiary/aromatic N) is 2. The van der Waals surface area contributed by atoms with Crippen LogP contribution in [-0.4, -0.2) is 16.0 Å². The Morgan fingerprint density at radius 2 is 2.23 bits per heavy atom. The lowest BCUT2D eigenvalue weighted by molar-refractivity contribution is -0.115. The molecule has 4 rings (SSSR count). The van der Waals surface area contributed by atoms with Gasteiger partial charge in [0, 0.05) is 10.8 Å². The van der Waals surface area contributed by atoms with Crippen molar-refractivity contribution in [3.63, 3.8) is 0 Å². The molecule has 1 fully saturated rings. The van der Waals surface area contributed by atoms with Crippen LogP contribution in [0.1, 0.15) is 29.5 Å². The van der Waals surface area contributed by atoms with Crippen molar-refractivity contribution in [3.8, 4) is 10.8 Å². The van der Waals surface area contributed by atoms with E-state index in [1.807, 2.05) is 29.0 Å². The molecule has 0 unspecified atom stereocenters. The van der Waals surface area contributed by atoms with Crippen LogP contribution in [0.2, 0.25) is 0 Å². The summed E-state index contributed by atoms with van der Waals surface area (Å²) in [5, 5.41) is 10.8. The average Bonchev–Trinajstić information content (AvgIpc) is 2.95. The van der Waals surface area contributed by atoms with E-state index in [4.69, 9.17) is 4.52 Å². The summed E-state index contributed by atoms with van der Waals surface area (Å²) in [7, 11) is 0. The van der Waals surface area contributed by atoms with Crippen molar-refractivity contribution in [2.24, 2.45) is 0 Å². The van der Waals surface area contributed by atoms with E-state index >= 15 is 0 Å². The van der Waals surface area contributed by atoms with Crippen LogP contribution in [0.3, 0.4) is 0 Å². The van der Waals surface area contributed by atoms with Crippen LogP contribution in [0.25, 0.3) is 10.8 Å². The Labute approximate surface area is 135 Å². The highest BCUT2D eigenvalue weighted by atomic mass is 32.1. The van der Waals surface area contributed by atoms with Gasteiger partial charge in [-0.05, 0) is 35.7 Å². The summed E-state index contributed by atoms with van der Waals surface area (Å²) in [6, 6.07) is 5.77. The summed E-state index contributed by atoms with van der Waals surface area (Å²) in [6.07, 6.45) is 2.64. The fraction of sp³-hybridized carbons (Fsp3) is 0.267. The lowest BCUT2D eigenvalue weighted by Gasteiger charge is -2.03. The summed E-state index contributed by atoms with van der Waals surface area (Å²) in [6.45, 7) is 0. The summed E-state index contributed by atoms with van der Waals surface area (Å²) in [4.78, 5) is 18.4. The Hall–Kier alpha value is -1.99. The second-order valence-corrected chi connectivity index (χ2v) is 7.15. The van der Waals surface area contributed by atoms with Crippen molar-refractivity contribution in [1.29, 1.82) is 0 Å². The van der Waals surface area contributed by atoms with Gasteiger partial charge in [-0.3, -0.25) is 4.79 Å². The van der Waals surface area contributed by atoms with Gasteiger partial charge in [0.2, 0.25) is 5.91 Å². The standard InChI is InChI=1S/C15H13N3O2S2/c19-12(8-10-2-1-6-21-10)16-11-5-7-22-13(11)15-17-14(18-20-15)9-3-4-9/h1-2,5-7,9H,3-4,8H2,(H,16,19). The molecule has 7 heteroatoms. The first-order valence-corrected chi connectivity index (χ1v) is 8.79. The van der Waals surface area contributed by atoms with E-state index in [0.29, 0.717) is 18.2 Å². The average molecular weight is 331 g/mol. The van der Waals surface area contributed by atoms with E-state index in [2.05, 4.69) is 15.5 Å². The monoisotopic (exact) mass is 331 g/mol. The molecule has 22 heavy (non-hydrogen) atoms. The Morgan fingerprint density at radius 3 is 3.00 bits per heavy atom. The fourth-order valence-electron chi connectivity index (χ4n) is 2.17. The molecule has 0 spiro atoms. The first-order valence-electron chi connectivity index (χ1n) is 7.03. The quantitative estimate of drug-likeness (QED) is 0.769. The third-order valence-corrected chi connectivity index (χ3v) is 5.21. The molecule has 0 radical (unpaired) electrons. The number of thiophene rings is 2. The maximum atomic E-state index is 12.1. The fourth-order valence-corrected chi connectivity index (χ4v) is 3.65. The number of carbonyl (C=O) groups is 1. The van der Waals surface area contributed by atoms with E-state index < -0.39 is 0 Å². The zero-order chi connectivity index (χ0) is 14.9. The molecule has 1 aliphatic carbocycles. The molecular weight excluding hydrogens is 318 g/mol. The van der Waals surface area contributed by atoms with Gasteiger partial charge in [0.05, 0.1) is 12.1 Å².